The van der Waals surface area contributed by atoms with Gasteiger partial charge in [-0.1, -0.05) is 30.3 Å². The molecule has 5 heteroatoms. The number of carbonyl (C=O) groups excluding carboxylic acids is 1. The minimum atomic E-state index is -0.0313. The Morgan fingerprint density at radius 3 is 2.76 bits per heavy atom. The molecule has 0 saturated carbocycles. The Morgan fingerprint density at radius 1 is 1.47 bits per heavy atom. The SMILES string of the molecule is C[C@@H](NC(=O)C1CSCN1)c1ccccc1.Cl. The van der Waals surface area contributed by atoms with Gasteiger partial charge in [0, 0.05) is 11.6 Å². The van der Waals surface area contributed by atoms with Crippen molar-refractivity contribution in [2.45, 2.75) is 19.0 Å². The number of carbonyl (C=O) groups is 1. The zero-order valence-corrected chi connectivity index (χ0v) is 11.3. The molecule has 0 bridgehead atoms. The standard InChI is InChI=1S/C12H16N2OS.ClH/c1-9(10-5-3-2-4-6-10)14-12(15)11-7-16-8-13-11;/h2-6,9,11,13H,7-8H2,1H3,(H,14,15);1H/t9-,11?;/m1./s1. The molecule has 0 spiro atoms. The van der Waals surface area contributed by atoms with Crippen molar-refractivity contribution >= 4 is 30.1 Å². The van der Waals surface area contributed by atoms with Gasteiger partial charge in [0.15, 0.2) is 0 Å². The van der Waals surface area contributed by atoms with Crippen LogP contribution in [-0.2, 0) is 4.79 Å². The summed E-state index contributed by atoms with van der Waals surface area (Å²) in [5, 5.41) is 6.19. The maximum atomic E-state index is 11.8. The number of hydrogen-bond acceptors (Lipinski definition) is 3. The highest BCUT2D eigenvalue weighted by Crippen LogP contribution is 2.14. The van der Waals surface area contributed by atoms with Crippen LogP contribution in [0.15, 0.2) is 30.3 Å². The van der Waals surface area contributed by atoms with Gasteiger partial charge in [-0.25, -0.2) is 0 Å². The van der Waals surface area contributed by atoms with Gasteiger partial charge < -0.3 is 5.32 Å². The average molecular weight is 273 g/mol. The van der Waals surface area contributed by atoms with Gasteiger partial charge in [0.2, 0.25) is 5.91 Å². The lowest BCUT2D eigenvalue weighted by Crippen LogP contribution is -2.42. The summed E-state index contributed by atoms with van der Waals surface area (Å²) in [6, 6.07) is 10.1. The number of halogens is 1. The third kappa shape index (κ3) is 3.91. The Morgan fingerprint density at radius 2 is 2.18 bits per heavy atom. The smallest absolute Gasteiger partial charge is 0.238 e. The number of hydrogen-bond donors (Lipinski definition) is 2. The van der Waals surface area contributed by atoms with Crippen LogP contribution in [0.1, 0.15) is 18.5 Å². The molecule has 1 amide bonds. The van der Waals surface area contributed by atoms with Crippen molar-refractivity contribution in [3.8, 4) is 0 Å². The van der Waals surface area contributed by atoms with E-state index in [-0.39, 0.29) is 30.4 Å². The maximum Gasteiger partial charge on any atom is 0.238 e. The van der Waals surface area contributed by atoms with Crippen LogP contribution < -0.4 is 10.6 Å². The van der Waals surface area contributed by atoms with E-state index in [9.17, 15) is 4.79 Å². The van der Waals surface area contributed by atoms with Gasteiger partial charge in [0.25, 0.3) is 0 Å². The number of nitrogens with one attached hydrogen (secondary N) is 2. The van der Waals surface area contributed by atoms with E-state index in [1.807, 2.05) is 37.3 Å². The van der Waals surface area contributed by atoms with Gasteiger partial charge in [-0.3, -0.25) is 10.1 Å². The Kier molecular flexibility index (Phi) is 5.82. The molecule has 2 atom stereocenters. The molecular formula is C12H17ClN2OS. The second-order valence-electron chi connectivity index (χ2n) is 3.91. The highest BCUT2D eigenvalue weighted by Gasteiger charge is 2.23. The van der Waals surface area contributed by atoms with Gasteiger partial charge in [-0.2, -0.15) is 0 Å². The van der Waals surface area contributed by atoms with Crippen LogP contribution in [0.2, 0.25) is 0 Å². The molecule has 1 aliphatic rings. The first-order valence-electron chi connectivity index (χ1n) is 5.44. The van der Waals surface area contributed by atoms with Crippen LogP contribution in [0.3, 0.4) is 0 Å². The van der Waals surface area contributed by atoms with E-state index < -0.39 is 0 Å². The summed E-state index contributed by atoms with van der Waals surface area (Å²) in [7, 11) is 0. The van der Waals surface area contributed by atoms with Gasteiger partial charge in [0.1, 0.15) is 0 Å². The lowest BCUT2D eigenvalue weighted by molar-refractivity contribution is -0.123. The van der Waals surface area contributed by atoms with Crippen LogP contribution in [0.4, 0.5) is 0 Å². The fourth-order valence-corrected chi connectivity index (χ4v) is 2.64. The summed E-state index contributed by atoms with van der Waals surface area (Å²) in [6.45, 7) is 2.01. The van der Waals surface area contributed by atoms with E-state index in [2.05, 4.69) is 10.6 Å². The van der Waals surface area contributed by atoms with Crippen molar-refractivity contribution in [2.75, 3.05) is 11.6 Å². The molecule has 1 aliphatic heterocycles. The fourth-order valence-electron chi connectivity index (χ4n) is 1.70. The van der Waals surface area contributed by atoms with Crippen molar-refractivity contribution in [1.82, 2.24) is 10.6 Å². The minimum absolute atomic E-state index is 0. The van der Waals surface area contributed by atoms with Crippen molar-refractivity contribution in [3.05, 3.63) is 35.9 Å². The average Bonchev–Trinajstić information content (AvgIpc) is 2.83. The molecule has 1 saturated heterocycles. The van der Waals surface area contributed by atoms with Crippen molar-refractivity contribution in [1.29, 1.82) is 0 Å². The zero-order valence-electron chi connectivity index (χ0n) is 9.68. The highest BCUT2D eigenvalue weighted by molar-refractivity contribution is 7.99. The molecule has 3 nitrogen and oxygen atoms in total. The summed E-state index contributed by atoms with van der Waals surface area (Å²) >= 11 is 1.76. The van der Waals surface area contributed by atoms with E-state index >= 15 is 0 Å². The molecule has 1 unspecified atom stereocenters. The molecule has 1 aromatic carbocycles. The van der Waals surface area contributed by atoms with Crippen LogP contribution in [0, 0.1) is 0 Å². The molecule has 0 radical (unpaired) electrons. The van der Waals surface area contributed by atoms with E-state index in [1.54, 1.807) is 11.8 Å². The third-order valence-corrected chi connectivity index (χ3v) is 3.63. The molecule has 2 N–H and O–H groups in total. The molecular weight excluding hydrogens is 256 g/mol. The predicted molar refractivity (Wildman–Crippen MR) is 74.5 cm³/mol. The van der Waals surface area contributed by atoms with Crippen LogP contribution >= 0.6 is 24.2 Å². The van der Waals surface area contributed by atoms with Crippen LogP contribution in [0.25, 0.3) is 0 Å². The first kappa shape index (κ1) is 14.4. The number of thioether (sulfide) groups is 1. The van der Waals surface area contributed by atoms with Crippen molar-refractivity contribution in [3.63, 3.8) is 0 Å². The topological polar surface area (TPSA) is 41.1 Å². The monoisotopic (exact) mass is 272 g/mol. The third-order valence-electron chi connectivity index (χ3n) is 2.69. The van der Waals surface area contributed by atoms with Crippen LogP contribution in [0.5, 0.6) is 0 Å². The molecule has 1 heterocycles. The van der Waals surface area contributed by atoms with Gasteiger partial charge in [-0.15, -0.1) is 24.2 Å². The van der Waals surface area contributed by atoms with E-state index in [0.717, 1.165) is 17.2 Å². The van der Waals surface area contributed by atoms with Gasteiger partial charge in [0.05, 0.1) is 12.1 Å². The van der Waals surface area contributed by atoms with E-state index in [1.165, 1.54) is 0 Å². The van der Waals surface area contributed by atoms with Crippen molar-refractivity contribution in [2.24, 2.45) is 0 Å². The minimum Gasteiger partial charge on any atom is -0.348 e. The highest BCUT2D eigenvalue weighted by atomic mass is 35.5. The molecule has 0 aliphatic carbocycles. The summed E-state index contributed by atoms with van der Waals surface area (Å²) in [5.41, 5.74) is 1.14. The van der Waals surface area contributed by atoms with Gasteiger partial charge in [-0.05, 0) is 12.5 Å². The normalized spacial score (nSPS) is 20.4. The maximum absolute atomic E-state index is 11.8. The summed E-state index contributed by atoms with van der Waals surface area (Å²) < 4.78 is 0. The Bertz CT molecular complexity index is 355. The Balaban J connectivity index is 0.00000144. The first-order chi connectivity index (χ1) is 7.77. The molecule has 17 heavy (non-hydrogen) atoms. The first-order valence-corrected chi connectivity index (χ1v) is 6.59. The summed E-state index contributed by atoms with van der Waals surface area (Å²) in [5.74, 6) is 1.84. The second kappa shape index (κ2) is 6.89. The molecule has 1 aromatic rings. The Labute approximate surface area is 112 Å². The zero-order chi connectivity index (χ0) is 11.4. The number of amides is 1. The lowest BCUT2D eigenvalue weighted by Gasteiger charge is -2.17. The lowest BCUT2D eigenvalue weighted by atomic mass is 10.1. The quantitative estimate of drug-likeness (QED) is 0.884. The van der Waals surface area contributed by atoms with Crippen molar-refractivity contribution < 1.29 is 4.79 Å². The number of benzene rings is 1. The molecule has 1 fully saturated rings. The van der Waals surface area contributed by atoms with E-state index in [0.29, 0.717) is 0 Å². The van der Waals surface area contributed by atoms with Gasteiger partial charge >= 0.3 is 0 Å². The molecule has 2 rings (SSSR count). The summed E-state index contributed by atoms with van der Waals surface area (Å²) in [4.78, 5) is 11.8. The number of rotatable bonds is 3. The predicted octanol–water partition coefficient (Wildman–Crippen LogP) is 1.95. The van der Waals surface area contributed by atoms with Crippen LogP contribution in [-0.4, -0.2) is 23.6 Å². The molecule has 0 aromatic heterocycles. The fraction of sp³-hybridized carbons (Fsp3) is 0.417. The summed E-state index contributed by atoms with van der Waals surface area (Å²) in [6.07, 6.45) is 0. The Hall–Kier alpha value is -0.710. The largest absolute Gasteiger partial charge is 0.348 e. The second-order valence-corrected chi connectivity index (χ2v) is 4.94. The molecule has 94 valence electrons. The van der Waals surface area contributed by atoms with E-state index in [4.69, 9.17) is 0 Å².